The molecule has 5 rings (SSSR count). The molecule has 3 heterocycles. The summed E-state index contributed by atoms with van der Waals surface area (Å²) in [6, 6.07) is 14.9. The van der Waals surface area contributed by atoms with E-state index >= 15 is 0 Å². The van der Waals surface area contributed by atoms with Gasteiger partial charge in [-0.3, -0.25) is 0 Å². The van der Waals surface area contributed by atoms with Gasteiger partial charge >= 0.3 is 0 Å². The number of hydrogen-bond acceptors (Lipinski definition) is 3. The predicted molar refractivity (Wildman–Crippen MR) is 201 cm³/mol. The highest BCUT2D eigenvalue weighted by Crippen LogP contribution is 2.42. The number of unbranched alkanes of at least 4 members (excludes halogenated alkanes) is 18. The Morgan fingerprint density at radius 1 is 0.349 bits per heavy atom. The molecule has 0 aliphatic rings. The smallest absolute Gasteiger partial charge is 0.0369 e. The lowest BCUT2D eigenvalue weighted by molar-refractivity contribution is 0.557. The van der Waals surface area contributed by atoms with Gasteiger partial charge in [0, 0.05) is 39.3 Å². The molecule has 0 fully saturated rings. The summed E-state index contributed by atoms with van der Waals surface area (Å²) in [5.41, 5.74) is 0. The molecule has 0 N–H and O–H groups in total. The first kappa shape index (κ1) is 33.0. The Bertz CT molecular complexity index is 1400. The molecule has 3 heteroatoms. The zero-order chi connectivity index (χ0) is 29.7. The molecule has 0 aliphatic heterocycles. The van der Waals surface area contributed by atoms with Crippen LogP contribution in [0.4, 0.5) is 0 Å². The number of thiophene rings is 3. The van der Waals surface area contributed by atoms with E-state index < -0.39 is 0 Å². The van der Waals surface area contributed by atoms with E-state index in [1.165, 1.54) is 182 Å². The monoisotopic (exact) mass is 632 g/mol. The molecule has 0 radical (unpaired) electrons. The van der Waals surface area contributed by atoms with Crippen molar-refractivity contribution in [2.75, 3.05) is 0 Å². The number of benzene rings is 2. The molecule has 2 aromatic carbocycles. The molecule has 0 bridgehead atoms. The van der Waals surface area contributed by atoms with Gasteiger partial charge in [0.05, 0.1) is 0 Å². The number of rotatable bonds is 22. The van der Waals surface area contributed by atoms with Crippen molar-refractivity contribution in [3.8, 4) is 0 Å². The van der Waals surface area contributed by atoms with E-state index in [1.54, 1.807) is 9.75 Å². The van der Waals surface area contributed by atoms with Crippen LogP contribution in [0.2, 0.25) is 0 Å². The molecular formula is C40H56S3. The van der Waals surface area contributed by atoms with Gasteiger partial charge in [-0.05, 0) is 72.9 Å². The van der Waals surface area contributed by atoms with Gasteiger partial charge in [0.2, 0.25) is 0 Å². The fourth-order valence-corrected chi connectivity index (χ4v) is 10.3. The predicted octanol–water partition coefficient (Wildman–Crippen LogP) is 15.4. The lowest BCUT2D eigenvalue weighted by Crippen LogP contribution is -1.84. The second-order valence-electron chi connectivity index (χ2n) is 13.2. The number of aryl methyl sites for hydroxylation is 2. The average molecular weight is 633 g/mol. The second kappa shape index (κ2) is 17.9. The minimum atomic E-state index is 1.25. The highest BCUT2D eigenvalue weighted by atomic mass is 32.1. The molecule has 0 aliphatic carbocycles. The van der Waals surface area contributed by atoms with E-state index in [1.807, 2.05) is 34.0 Å². The van der Waals surface area contributed by atoms with Crippen LogP contribution in [0.15, 0.2) is 36.4 Å². The molecule has 0 spiro atoms. The van der Waals surface area contributed by atoms with Gasteiger partial charge in [0.25, 0.3) is 0 Å². The van der Waals surface area contributed by atoms with Crippen LogP contribution >= 0.6 is 34.0 Å². The van der Waals surface area contributed by atoms with Crippen molar-refractivity contribution >= 4 is 74.4 Å². The minimum Gasteiger partial charge on any atom is -0.140 e. The zero-order valence-corrected chi connectivity index (χ0v) is 29.7. The van der Waals surface area contributed by atoms with Crippen molar-refractivity contribution in [3.63, 3.8) is 0 Å². The third kappa shape index (κ3) is 9.78. The lowest BCUT2D eigenvalue weighted by Gasteiger charge is -2.01. The lowest BCUT2D eigenvalue weighted by atomic mass is 10.1. The molecule has 0 unspecified atom stereocenters. The highest BCUT2D eigenvalue weighted by molar-refractivity contribution is 7.27. The third-order valence-electron chi connectivity index (χ3n) is 9.40. The van der Waals surface area contributed by atoms with Crippen molar-refractivity contribution in [2.24, 2.45) is 0 Å². The standard InChI is InChI=1S/C40H56S3/c1-3-5-7-9-11-13-15-17-19-21-23-33-25-31-27-35-36-28-32-26-34(24-22-20-18-16-14-12-10-8-6-4-2)42-38(32)30-40(36)43-39(35)29-37(31)41-33/h25-30H,3-24H2,1-2H3. The molecule has 5 aromatic rings. The van der Waals surface area contributed by atoms with Crippen molar-refractivity contribution in [1.82, 2.24) is 0 Å². The molecule has 0 nitrogen and oxygen atoms in total. The summed E-state index contributed by atoms with van der Waals surface area (Å²) in [5, 5.41) is 5.82. The van der Waals surface area contributed by atoms with Gasteiger partial charge < -0.3 is 0 Å². The Hall–Kier alpha value is -1.42. The quantitative estimate of drug-likeness (QED) is 0.0666. The molecule has 0 atom stereocenters. The summed E-state index contributed by atoms with van der Waals surface area (Å²) in [4.78, 5) is 3.15. The van der Waals surface area contributed by atoms with Crippen LogP contribution in [0.5, 0.6) is 0 Å². The van der Waals surface area contributed by atoms with Crippen LogP contribution in [0.3, 0.4) is 0 Å². The van der Waals surface area contributed by atoms with Gasteiger partial charge in [-0.15, -0.1) is 34.0 Å². The Morgan fingerprint density at radius 3 is 1.07 bits per heavy atom. The van der Waals surface area contributed by atoms with Crippen molar-refractivity contribution in [3.05, 3.63) is 46.2 Å². The van der Waals surface area contributed by atoms with Crippen LogP contribution in [0.1, 0.15) is 152 Å². The third-order valence-corrected chi connectivity index (χ3v) is 12.8. The van der Waals surface area contributed by atoms with Crippen LogP contribution in [0.25, 0.3) is 40.3 Å². The Morgan fingerprint density at radius 2 is 0.698 bits per heavy atom. The van der Waals surface area contributed by atoms with Crippen molar-refractivity contribution in [2.45, 2.75) is 155 Å². The second-order valence-corrected chi connectivity index (χ2v) is 16.6. The topological polar surface area (TPSA) is 0 Å². The fourth-order valence-electron chi connectivity index (χ4n) is 6.77. The maximum atomic E-state index is 2.49. The zero-order valence-electron chi connectivity index (χ0n) is 27.2. The molecule has 0 saturated heterocycles. The molecule has 234 valence electrons. The van der Waals surface area contributed by atoms with Crippen molar-refractivity contribution < 1.29 is 0 Å². The first-order chi connectivity index (χ1) is 21.2. The Kier molecular flexibility index (Phi) is 13.7. The van der Waals surface area contributed by atoms with Gasteiger partial charge in [0.1, 0.15) is 0 Å². The summed E-state index contributed by atoms with van der Waals surface area (Å²) in [7, 11) is 0. The van der Waals surface area contributed by atoms with Crippen LogP contribution in [0, 0.1) is 0 Å². The van der Waals surface area contributed by atoms with Gasteiger partial charge in [0.15, 0.2) is 0 Å². The maximum Gasteiger partial charge on any atom is 0.0369 e. The largest absolute Gasteiger partial charge is 0.140 e. The Balaban J connectivity index is 1.10. The molecule has 3 aromatic heterocycles. The number of hydrogen-bond donors (Lipinski definition) is 0. The summed E-state index contributed by atoms with van der Waals surface area (Å²) in [6.45, 7) is 4.61. The SMILES string of the molecule is CCCCCCCCCCCCc1cc2cc3c(cc2s1)sc1cc2sc(CCCCCCCCCCCC)cc2cc13. The minimum absolute atomic E-state index is 1.25. The van der Waals surface area contributed by atoms with Gasteiger partial charge in [-0.25, -0.2) is 0 Å². The summed E-state index contributed by atoms with van der Waals surface area (Å²) in [5.74, 6) is 0. The molecular weight excluding hydrogens is 577 g/mol. The van der Waals surface area contributed by atoms with Crippen molar-refractivity contribution in [1.29, 1.82) is 0 Å². The first-order valence-corrected chi connectivity index (χ1v) is 20.5. The highest BCUT2D eigenvalue weighted by Gasteiger charge is 2.12. The summed E-state index contributed by atoms with van der Waals surface area (Å²) >= 11 is 6.06. The maximum absolute atomic E-state index is 2.49. The van der Waals surface area contributed by atoms with Crippen LogP contribution < -0.4 is 0 Å². The van der Waals surface area contributed by atoms with Gasteiger partial charge in [-0.2, -0.15) is 0 Å². The van der Waals surface area contributed by atoms with E-state index in [9.17, 15) is 0 Å². The fraction of sp³-hybridized carbons (Fsp3) is 0.600. The van der Waals surface area contributed by atoms with Gasteiger partial charge in [-0.1, -0.05) is 129 Å². The summed E-state index contributed by atoms with van der Waals surface area (Å²) < 4.78 is 5.86. The Labute approximate surface area is 274 Å². The molecule has 0 amide bonds. The van der Waals surface area contributed by atoms with Crippen LogP contribution in [-0.4, -0.2) is 0 Å². The average Bonchev–Trinajstić information content (AvgIpc) is 3.70. The molecule has 43 heavy (non-hydrogen) atoms. The molecule has 0 saturated carbocycles. The van der Waals surface area contributed by atoms with E-state index in [2.05, 4.69) is 50.2 Å². The van der Waals surface area contributed by atoms with E-state index in [0.29, 0.717) is 0 Å². The van der Waals surface area contributed by atoms with Crippen LogP contribution in [-0.2, 0) is 12.8 Å². The van der Waals surface area contributed by atoms with E-state index in [0.717, 1.165) is 0 Å². The normalized spacial score (nSPS) is 12.1. The number of fused-ring (bicyclic) bond motifs is 5. The summed E-state index contributed by atoms with van der Waals surface area (Å²) in [6.07, 6.45) is 30.7. The van der Waals surface area contributed by atoms with E-state index in [4.69, 9.17) is 0 Å². The first-order valence-electron chi connectivity index (χ1n) is 18.1. The van der Waals surface area contributed by atoms with E-state index in [-0.39, 0.29) is 0 Å².